The maximum Gasteiger partial charge on any atom is 0.191 e. The van der Waals surface area contributed by atoms with Crippen LogP contribution in [0.3, 0.4) is 0 Å². The van der Waals surface area contributed by atoms with E-state index in [4.69, 9.17) is 9.47 Å². The van der Waals surface area contributed by atoms with E-state index in [-0.39, 0.29) is 29.6 Å². The van der Waals surface area contributed by atoms with Crippen LogP contribution in [0.5, 0.6) is 5.75 Å². The summed E-state index contributed by atoms with van der Waals surface area (Å²) in [5.41, 5.74) is 0.811. The number of guanidine groups is 1. The number of nitrogens with one attached hydrogen (secondary N) is 2. The average molecular weight is 486 g/mol. The van der Waals surface area contributed by atoms with Gasteiger partial charge in [-0.2, -0.15) is 0 Å². The van der Waals surface area contributed by atoms with Crippen LogP contribution in [0.1, 0.15) is 19.4 Å². The van der Waals surface area contributed by atoms with E-state index in [2.05, 4.69) is 31.6 Å². The lowest BCUT2D eigenvalue weighted by molar-refractivity contribution is 0.0268. The first-order valence-electron chi connectivity index (χ1n) is 6.74. The highest BCUT2D eigenvalue weighted by atomic mass is 127. The van der Waals surface area contributed by atoms with E-state index in [1.807, 2.05) is 32.0 Å². The summed E-state index contributed by atoms with van der Waals surface area (Å²) < 4.78 is 11.8. The zero-order chi connectivity index (χ0) is 15.9. The molecule has 1 aromatic carbocycles. The van der Waals surface area contributed by atoms with E-state index in [1.165, 1.54) is 0 Å². The van der Waals surface area contributed by atoms with E-state index in [9.17, 15) is 0 Å². The van der Waals surface area contributed by atoms with Gasteiger partial charge in [0, 0.05) is 37.3 Å². The first-order valence-corrected chi connectivity index (χ1v) is 7.53. The molecular weight excluding hydrogens is 461 g/mol. The maximum absolute atomic E-state index is 5.38. The molecule has 0 aliphatic carbocycles. The lowest BCUT2D eigenvalue weighted by Gasteiger charge is -2.24. The number of hydrogen-bond donors (Lipinski definition) is 2. The van der Waals surface area contributed by atoms with Gasteiger partial charge in [-0.05, 0) is 32.0 Å². The van der Waals surface area contributed by atoms with Crippen molar-refractivity contribution < 1.29 is 9.47 Å². The molecule has 5 nitrogen and oxygen atoms in total. The van der Waals surface area contributed by atoms with Gasteiger partial charge in [0.25, 0.3) is 0 Å². The van der Waals surface area contributed by atoms with Crippen LogP contribution in [-0.2, 0) is 11.3 Å². The Balaban J connectivity index is 0.00000441. The molecule has 0 aliphatic heterocycles. The topological polar surface area (TPSA) is 54.9 Å². The summed E-state index contributed by atoms with van der Waals surface area (Å²) >= 11 is 3.47. The lowest BCUT2D eigenvalue weighted by Crippen LogP contribution is -2.45. The monoisotopic (exact) mass is 485 g/mol. The molecule has 0 atom stereocenters. The second kappa shape index (κ2) is 10.3. The number of aliphatic imine (C=N–C) groups is 1. The third-order valence-electron chi connectivity index (χ3n) is 3.15. The highest BCUT2D eigenvalue weighted by molar-refractivity contribution is 14.0. The van der Waals surface area contributed by atoms with Crippen molar-refractivity contribution >= 4 is 45.9 Å². The minimum Gasteiger partial charge on any atom is -0.496 e. The van der Waals surface area contributed by atoms with Gasteiger partial charge >= 0.3 is 0 Å². The van der Waals surface area contributed by atoms with Crippen molar-refractivity contribution in [3.05, 3.63) is 28.2 Å². The molecule has 2 N–H and O–H groups in total. The summed E-state index contributed by atoms with van der Waals surface area (Å²) in [6.07, 6.45) is 0. The molecule has 0 aromatic heterocycles. The second-order valence-electron chi connectivity index (χ2n) is 5.20. The van der Waals surface area contributed by atoms with Gasteiger partial charge in [-0.25, -0.2) is 0 Å². The Labute approximate surface area is 158 Å². The fourth-order valence-corrected chi connectivity index (χ4v) is 2.06. The summed E-state index contributed by atoms with van der Waals surface area (Å²) in [5.74, 6) is 1.57. The van der Waals surface area contributed by atoms with Crippen molar-refractivity contribution in [3.8, 4) is 5.75 Å². The van der Waals surface area contributed by atoms with Crippen LogP contribution < -0.4 is 15.4 Å². The van der Waals surface area contributed by atoms with Crippen molar-refractivity contribution in [1.29, 1.82) is 0 Å². The lowest BCUT2D eigenvalue weighted by atomic mass is 10.1. The van der Waals surface area contributed by atoms with Gasteiger partial charge in [-0.15, -0.1) is 24.0 Å². The summed E-state index contributed by atoms with van der Waals surface area (Å²) in [5, 5.41) is 6.51. The van der Waals surface area contributed by atoms with Crippen LogP contribution in [0, 0.1) is 0 Å². The van der Waals surface area contributed by atoms with Gasteiger partial charge in [-0.3, -0.25) is 4.99 Å². The standard InChI is InChI=1S/C15H24BrN3O2.HI/c1-15(2,21-5)10-19-14(17-3)18-9-11-8-12(16)6-7-13(11)20-4;/h6-8H,9-10H2,1-5H3,(H2,17,18,19);1H. The van der Waals surface area contributed by atoms with E-state index in [1.54, 1.807) is 21.3 Å². The highest BCUT2D eigenvalue weighted by Gasteiger charge is 2.16. The molecule has 22 heavy (non-hydrogen) atoms. The predicted molar refractivity (Wildman–Crippen MR) is 105 cm³/mol. The fourth-order valence-electron chi connectivity index (χ4n) is 1.65. The molecule has 126 valence electrons. The van der Waals surface area contributed by atoms with Gasteiger partial charge in [0.1, 0.15) is 5.75 Å². The van der Waals surface area contributed by atoms with Gasteiger partial charge in [0.05, 0.1) is 12.7 Å². The molecule has 0 saturated carbocycles. The number of benzene rings is 1. The Bertz CT molecular complexity index is 496. The molecule has 7 heteroatoms. The molecular formula is C15H25BrIN3O2. The summed E-state index contributed by atoms with van der Waals surface area (Å²) in [7, 11) is 5.11. The van der Waals surface area contributed by atoms with Crippen LogP contribution >= 0.6 is 39.9 Å². The normalized spacial score (nSPS) is 11.6. The van der Waals surface area contributed by atoms with E-state index in [0.29, 0.717) is 13.1 Å². The first kappa shape index (κ1) is 21.5. The zero-order valence-electron chi connectivity index (χ0n) is 13.7. The first-order chi connectivity index (χ1) is 9.91. The molecule has 1 rings (SSSR count). The van der Waals surface area contributed by atoms with Gasteiger partial charge in [-0.1, -0.05) is 15.9 Å². The van der Waals surface area contributed by atoms with Crippen molar-refractivity contribution in [2.24, 2.45) is 4.99 Å². The predicted octanol–water partition coefficient (Wildman–Crippen LogP) is 3.17. The van der Waals surface area contributed by atoms with E-state index in [0.717, 1.165) is 21.7 Å². The minimum absolute atomic E-state index is 0. The molecule has 0 aliphatic rings. The summed E-state index contributed by atoms with van der Waals surface area (Å²) in [4.78, 5) is 4.20. The van der Waals surface area contributed by atoms with Crippen LogP contribution in [-0.4, -0.2) is 39.4 Å². The Morgan fingerprint density at radius 3 is 2.50 bits per heavy atom. The molecule has 0 fully saturated rings. The second-order valence-corrected chi connectivity index (χ2v) is 6.11. The van der Waals surface area contributed by atoms with Gasteiger partial charge in [0.2, 0.25) is 0 Å². The van der Waals surface area contributed by atoms with Crippen LogP contribution in [0.25, 0.3) is 0 Å². The maximum atomic E-state index is 5.38. The molecule has 0 saturated heterocycles. The zero-order valence-corrected chi connectivity index (χ0v) is 17.6. The van der Waals surface area contributed by atoms with Crippen LogP contribution in [0.15, 0.2) is 27.7 Å². The Hall–Kier alpha value is -0.540. The third kappa shape index (κ3) is 7.15. The summed E-state index contributed by atoms with van der Waals surface area (Å²) in [6, 6.07) is 5.92. The van der Waals surface area contributed by atoms with E-state index < -0.39 is 0 Å². The molecule has 0 radical (unpaired) electrons. The van der Waals surface area contributed by atoms with Crippen LogP contribution in [0.4, 0.5) is 0 Å². The smallest absolute Gasteiger partial charge is 0.191 e. The molecule has 1 aromatic rings. The molecule has 0 bridgehead atoms. The van der Waals surface area contributed by atoms with E-state index >= 15 is 0 Å². The minimum atomic E-state index is -0.245. The number of nitrogens with zero attached hydrogens (tertiary/aromatic N) is 1. The quantitative estimate of drug-likeness (QED) is 0.369. The highest BCUT2D eigenvalue weighted by Crippen LogP contribution is 2.22. The van der Waals surface area contributed by atoms with Crippen molar-refractivity contribution in [2.45, 2.75) is 26.0 Å². The molecule has 0 amide bonds. The molecule has 0 heterocycles. The fraction of sp³-hybridized carbons (Fsp3) is 0.533. The van der Waals surface area contributed by atoms with Gasteiger partial charge in [0.15, 0.2) is 5.96 Å². The number of ether oxygens (including phenoxy) is 2. The number of rotatable bonds is 6. The molecule has 0 unspecified atom stereocenters. The number of hydrogen-bond acceptors (Lipinski definition) is 3. The number of methoxy groups -OCH3 is 2. The average Bonchev–Trinajstić information content (AvgIpc) is 2.47. The van der Waals surface area contributed by atoms with Crippen molar-refractivity contribution in [1.82, 2.24) is 10.6 Å². The molecule has 0 spiro atoms. The SMILES string of the molecule is CN=C(NCc1cc(Br)ccc1OC)NCC(C)(C)OC.I. The Kier molecular flexibility index (Phi) is 10.0. The van der Waals surface area contributed by atoms with Crippen molar-refractivity contribution in [3.63, 3.8) is 0 Å². The largest absolute Gasteiger partial charge is 0.496 e. The Morgan fingerprint density at radius 1 is 1.27 bits per heavy atom. The van der Waals surface area contributed by atoms with Crippen molar-refractivity contribution in [2.75, 3.05) is 27.8 Å². The number of halogens is 2. The third-order valence-corrected chi connectivity index (χ3v) is 3.64. The van der Waals surface area contributed by atoms with Crippen LogP contribution in [0.2, 0.25) is 0 Å². The Morgan fingerprint density at radius 2 is 1.95 bits per heavy atom. The van der Waals surface area contributed by atoms with Gasteiger partial charge < -0.3 is 20.1 Å². The summed E-state index contributed by atoms with van der Waals surface area (Å²) in [6.45, 7) is 5.32.